The molecule has 7 nitrogen and oxygen atoms in total. The molecule has 1 aliphatic heterocycles. The molecule has 1 spiro atoms. The maximum absolute atomic E-state index is 13.7. The Labute approximate surface area is 220 Å². The number of nitrogens with one attached hydrogen (secondary N) is 1. The second kappa shape index (κ2) is 10.4. The van der Waals surface area contributed by atoms with Gasteiger partial charge in [-0.1, -0.05) is 55.0 Å². The van der Waals surface area contributed by atoms with Crippen molar-refractivity contribution < 1.29 is 14.7 Å². The van der Waals surface area contributed by atoms with E-state index in [0.717, 1.165) is 32.2 Å². The maximum atomic E-state index is 13.7. The molecule has 3 amide bonds. The Morgan fingerprint density at radius 1 is 1.03 bits per heavy atom. The average Bonchev–Trinajstić information content (AvgIpc) is 3.11. The van der Waals surface area contributed by atoms with Crippen molar-refractivity contribution in [3.05, 3.63) is 65.7 Å². The molecule has 198 valence electrons. The van der Waals surface area contributed by atoms with Gasteiger partial charge in [-0.15, -0.1) is 0 Å². The molecule has 2 aromatic rings. The highest BCUT2D eigenvalue weighted by Gasteiger charge is 2.55. The van der Waals surface area contributed by atoms with Crippen LogP contribution >= 0.6 is 0 Å². The van der Waals surface area contributed by atoms with E-state index in [-0.39, 0.29) is 41.9 Å². The number of phenols is 1. The number of para-hydroxylation sites is 1. The number of hydrogen-bond acceptors (Lipinski definition) is 4. The second-order valence-electron chi connectivity index (χ2n) is 11.5. The number of aromatic hydroxyl groups is 1. The Kier molecular flexibility index (Phi) is 7.17. The van der Waals surface area contributed by atoms with Gasteiger partial charge in [-0.05, 0) is 70.2 Å². The monoisotopic (exact) mass is 504 g/mol. The third kappa shape index (κ3) is 4.93. The lowest BCUT2D eigenvalue weighted by Gasteiger charge is -2.51. The average molecular weight is 505 g/mol. The first kappa shape index (κ1) is 25.6. The summed E-state index contributed by atoms with van der Waals surface area (Å²) in [6.45, 7) is 1.69. The Morgan fingerprint density at radius 3 is 2.32 bits per heavy atom. The number of carbonyl (C=O) groups is 2. The van der Waals surface area contributed by atoms with E-state index < -0.39 is 0 Å². The Balaban J connectivity index is 1.30. The van der Waals surface area contributed by atoms with Crippen molar-refractivity contribution in [3.63, 3.8) is 0 Å². The molecule has 5 rings (SSSR count). The summed E-state index contributed by atoms with van der Waals surface area (Å²) >= 11 is 0. The van der Waals surface area contributed by atoms with E-state index in [1.807, 2.05) is 6.07 Å². The zero-order valence-corrected chi connectivity index (χ0v) is 22.2. The van der Waals surface area contributed by atoms with Gasteiger partial charge in [0.1, 0.15) is 12.3 Å². The van der Waals surface area contributed by atoms with Gasteiger partial charge in [-0.25, -0.2) is 4.79 Å². The third-order valence-electron chi connectivity index (χ3n) is 9.20. The molecule has 2 aromatic carbocycles. The highest BCUT2D eigenvalue weighted by atomic mass is 16.3. The van der Waals surface area contributed by atoms with Crippen molar-refractivity contribution in [1.82, 2.24) is 20.0 Å². The number of nitrogens with zero attached hydrogens (tertiary/aromatic N) is 3. The topological polar surface area (TPSA) is 76.1 Å². The van der Waals surface area contributed by atoms with E-state index in [0.29, 0.717) is 18.0 Å². The van der Waals surface area contributed by atoms with E-state index in [2.05, 4.69) is 59.5 Å². The Bertz CT molecular complexity index is 1110. The number of rotatable bonds is 8. The lowest BCUT2D eigenvalue weighted by molar-refractivity contribution is -0.121. The third-order valence-corrected chi connectivity index (χ3v) is 9.20. The first-order valence-electron chi connectivity index (χ1n) is 13.7. The summed E-state index contributed by atoms with van der Waals surface area (Å²) in [5.41, 5.74) is 1.74. The van der Waals surface area contributed by atoms with E-state index in [4.69, 9.17) is 0 Å². The number of phenolic OH excluding ortho intramolecular Hbond substituents is 1. The molecule has 0 bridgehead atoms. The van der Waals surface area contributed by atoms with Gasteiger partial charge in [-0.3, -0.25) is 9.69 Å². The number of carbonyl (C=O) groups excluding carboxylic acids is 2. The van der Waals surface area contributed by atoms with E-state index >= 15 is 0 Å². The van der Waals surface area contributed by atoms with Crippen molar-refractivity contribution in [2.75, 3.05) is 33.7 Å². The molecule has 2 aliphatic carbocycles. The summed E-state index contributed by atoms with van der Waals surface area (Å²) in [6, 6.07) is 17.7. The SMILES string of the molecule is CN(C)C1(c2ccccc2)CCC2(CC1)CN(CC(=O)NCc1ccccc1O)C(=O)N2CC1CCC1. The molecule has 1 saturated heterocycles. The van der Waals surface area contributed by atoms with Gasteiger partial charge in [0.05, 0.1) is 5.54 Å². The summed E-state index contributed by atoms with van der Waals surface area (Å²) in [5, 5.41) is 12.9. The van der Waals surface area contributed by atoms with Crippen LogP contribution < -0.4 is 5.32 Å². The Morgan fingerprint density at radius 2 is 1.70 bits per heavy atom. The van der Waals surface area contributed by atoms with Gasteiger partial charge in [0.15, 0.2) is 0 Å². The fourth-order valence-corrected chi connectivity index (χ4v) is 6.59. The summed E-state index contributed by atoms with van der Waals surface area (Å²) in [5.74, 6) is 0.543. The van der Waals surface area contributed by atoms with Crippen molar-refractivity contribution in [3.8, 4) is 5.75 Å². The molecule has 0 aromatic heterocycles. The van der Waals surface area contributed by atoms with Crippen LogP contribution in [-0.2, 0) is 16.9 Å². The van der Waals surface area contributed by atoms with Crippen molar-refractivity contribution >= 4 is 11.9 Å². The molecular weight excluding hydrogens is 464 g/mol. The number of hydrogen-bond donors (Lipinski definition) is 2. The van der Waals surface area contributed by atoms with Crippen LogP contribution in [0.1, 0.15) is 56.1 Å². The summed E-state index contributed by atoms with van der Waals surface area (Å²) < 4.78 is 0. The summed E-state index contributed by atoms with van der Waals surface area (Å²) in [4.78, 5) is 32.8. The Hall–Kier alpha value is -3.06. The second-order valence-corrected chi connectivity index (χ2v) is 11.5. The van der Waals surface area contributed by atoms with Gasteiger partial charge in [0.2, 0.25) is 5.91 Å². The lowest BCUT2D eigenvalue weighted by atomic mass is 9.68. The first-order chi connectivity index (χ1) is 17.8. The smallest absolute Gasteiger partial charge is 0.321 e. The van der Waals surface area contributed by atoms with Gasteiger partial charge >= 0.3 is 6.03 Å². The molecule has 1 heterocycles. The summed E-state index contributed by atoms with van der Waals surface area (Å²) in [7, 11) is 4.33. The van der Waals surface area contributed by atoms with Crippen molar-refractivity contribution in [1.29, 1.82) is 0 Å². The maximum Gasteiger partial charge on any atom is 0.321 e. The van der Waals surface area contributed by atoms with Gasteiger partial charge in [0, 0.05) is 30.7 Å². The van der Waals surface area contributed by atoms with E-state index in [9.17, 15) is 14.7 Å². The van der Waals surface area contributed by atoms with Crippen LogP contribution in [0.3, 0.4) is 0 Å². The van der Waals surface area contributed by atoms with Crippen molar-refractivity contribution in [2.24, 2.45) is 5.92 Å². The largest absolute Gasteiger partial charge is 0.508 e. The van der Waals surface area contributed by atoms with E-state index in [1.54, 1.807) is 23.1 Å². The molecule has 2 N–H and O–H groups in total. The molecule has 0 radical (unpaired) electrons. The quantitative estimate of drug-likeness (QED) is 0.562. The highest BCUT2D eigenvalue weighted by molar-refractivity contribution is 5.86. The van der Waals surface area contributed by atoms with Crippen molar-refractivity contribution in [2.45, 2.75) is 62.6 Å². The molecule has 3 fully saturated rings. The van der Waals surface area contributed by atoms with Crippen LogP contribution in [0, 0.1) is 5.92 Å². The highest BCUT2D eigenvalue weighted by Crippen LogP contribution is 2.49. The molecule has 2 saturated carbocycles. The fraction of sp³-hybridized carbons (Fsp3) is 0.533. The first-order valence-corrected chi connectivity index (χ1v) is 13.7. The number of amides is 3. The zero-order chi connectivity index (χ0) is 26.0. The molecular formula is C30H40N4O3. The van der Waals surface area contributed by atoms with Crippen LogP contribution in [0.25, 0.3) is 0 Å². The predicted octanol–water partition coefficient (Wildman–Crippen LogP) is 4.32. The molecule has 0 atom stereocenters. The van der Waals surface area contributed by atoms with Crippen LogP contribution in [0.4, 0.5) is 4.79 Å². The predicted molar refractivity (Wildman–Crippen MR) is 144 cm³/mol. The zero-order valence-electron chi connectivity index (χ0n) is 22.2. The van der Waals surface area contributed by atoms with Gasteiger partial charge < -0.3 is 20.2 Å². The minimum absolute atomic E-state index is 0.00155. The minimum Gasteiger partial charge on any atom is -0.508 e. The van der Waals surface area contributed by atoms with Gasteiger partial charge in [0.25, 0.3) is 0 Å². The number of benzene rings is 2. The normalized spacial score (nSPS) is 26.1. The van der Waals surface area contributed by atoms with Crippen LogP contribution in [0.2, 0.25) is 0 Å². The fourth-order valence-electron chi connectivity index (χ4n) is 6.59. The standard InChI is InChI=1S/C30H40N4O3/c1-32(2)30(25-12-4-3-5-13-25)17-15-29(16-18-30)22-33(28(37)34(29)20-23-9-8-10-23)21-27(36)31-19-24-11-6-7-14-26(24)35/h3-7,11-14,23,35H,8-10,15-22H2,1-2H3,(H,31,36). The molecule has 7 heteroatoms. The number of urea groups is 1. The molecule has 0 unspecified atom stereocenters. The van der Waals surface area contributed by atoms with Gasteiger partial charge in [-0.2, -0.15) is 0 Å². The molecule has 37 heavy (non-hydrogen) atoms. The molecule has 3 aliphatic rings. The lowest BCUT2D eigenvalue weighted by Crippen LogP contribution is -2.56. The minimum atomic E-state index is -0.223. The van der Waals surface area contributed by atoms with E-state index in [1.165, 1.54) is 24.8 Å². The van der Waals surface area contributed by atoms with Crippen LogP contribution in [0.5, 0.6) is 5.75 Å². The van der Waals surface area contributed by atoms with Crippen LogP contribution in [-0.4, -0.2) is 71.0 Å². The van der Waals surface area contributed by atoms with Crippen LogP contribution in [0.15, 0.2) is 54.6 Å². The summed E-state index contributed by atoms with van der Waals surface area (Å²) in [6.07, 6.45) is 7.43.